The van der Waals surface area contributed by atoms with Crippen molar-refractivity contribution in [2.24, 2.45) is 5.92 Å². The number of alkyl halides is 3. The van der Waals surface area contributed by atoms with Gasteiger partial charge in [0, 0.05) is 19.3 Å². The van der Waals surface area contributed by atoms with Gasteiger partial charge < -0.3 is 10.2 Å². The van der Waals surface area contributed by atoms with E-state index in [1.807, 2.05) is 30.0 Å². The predicted molar refractivity (Wildman–Crippen MR) is 117 cm³/mol. The number of piperidine rings is 1. The van der Waals surface area contributed by atoms with Gasteiger partial charge in [-0.05, 0) is 49.9 Å². The summed E-state index contributed by atoms with van der Waals surface area (Å²) in [5, 5.41) is 11.5. The zero-order chi connectivity index (χ0) is 23.6. The first-order chi connectivity index (χ1) is 15.7. The molecule has 0 spiro atoms. The van der Waals surface area contributed by atoms with E-state index in [1.165, 1.54) is 10.9 Å². The SMILES string of the molecule is Cc1ccc(-n2nccn2)c(C(=O)N2CCC[C@@H](C)C2CNc2ccc(C(F)(F)F)cn2)c1. The van der Waals surface area contributed by atoms with Gasteiger partial charge in [0.25, 0.3) is 5.91 Å². The molecule has 1 unspecified atom stereocenters. The van der Waals surface area contributed by atoms with Crippen LogP contribution in [0.25, 0.3) is 5.69 Å². The predicted octanol–water partition coefficient (Wildman–Crippen LogP) is 4.34. The Morgan fingerprint density at radius 3 is 2.61 bits per heavy atom. The zero-order valence-electron chi connectivity index (χ0n) is 18.4. The Kier molecular flexibility index (Phi) is 6.35. The number of aromatic nitrogens is 4. The van der Waals surface area contributed by atoms with Gasteiger partial charge in [-0.2, -0.15) is 28.2 Å². The standard InChI is InChI=1S/C23H25F3N6O/c1-15-5-7-19(32-29-9-10-30-32)18(12-15)22(33)31-11-3-4-16(2)20(31)14-28-21-8-6-17(13-27-21)23(24,25)26/h5-10,12-13,16,20H,3-4,11,14H2,1-2H3,(H,27,28)/t16-,20?/m1/s1. The summed E-state index contributed by atoms with van der Waals surface area (Å²) >= 11 is 0. The molecule has 2 aromatic heterocycles. The van der Waals surface area contributed by atoms with Crippen molar-refractivity contribution >= 4 is 11.7 Å². The lowest BCUT2D eigenvalue weighted by Crippen LogP contribution is -2.51. The maximum atomic E-state index is 13.7. The van der Waals surface area contributed by atoms with Gasteiger partial charge in [0.15, 0.2) is 0 Å². The molecule has 174 valence electrons. The van der Waals surface area contributed by atoms with Crippen molar-refractivity contribution in [1.29, 1.82) is 0 Å². The molecule has 2 atom stereocenters. The maximum Gasteiger partial charge on any atom is 0.417 e. The summed E-state index contributed by atoms with van der Waals surface area (Å²) in [6, 6.07) is 7.74. The zero-order valence-corrected chi connectivity index (χ0v) is 18.4. The van der Waals surface area contributed by atoms with Crippen LogP contribution >= 0.6 is 0 Å². The summed E-state index contributed by atoms with van der Waals surface area (Å²) in [5.41, 5.74) is 1.26. The molecule has 0 saturated carbocycles. The molecule has 1 saturated heterocycles. The van der Waals surface area contributed by atoms with Crippen LogP contribution in [0.15, 0.2) is 48.9 Å². The van der Waals surface area contributed by atoms with Crippen LogP contribution < -0.4 is 5.32 Å². The lowest BCUT2D eigenvalue weighted by molar-refractivity contribution is -0.137. The van der Waals surface area contributed by atoms with Crippen LogP contribution in [0.2, 0.25) is 0 Å². The van der Waals surface area contributed by atoms with E-state index in [1.54, 1.807) is 12.4 Å². The second kappa shape index (κ2) is 9.21. The molecule has 4 rings (SSSR count). The minimum absolute atomic E-state index is 0.121. The van der Waals surface area contributed by atoms with Gasteiger partial charge in [0.05, 0.1) is 35.2 Å². The monoisotopic (exact) mass is 458 g/mol. The number of carbonyl (C=O) groups excluding carboxylic acids is 1. The van der Waals surface area contributed by atoms with Gasteiger partial charge in [0.1, 0.15) is 5.82 Å². The van der Waals surface area contributed by atoms with Crippen molar-refractivity contribution in [3.8, 4) is 5.69 Å². The first-order valence-electron chi connectivity index (χ1n) is 10.8. The fourth-order valence-corrected chi connectivity index (χ4v) is 4.18. The average molecular weight is 458 g/mol. The molecule has 0 aliphatic carbocycles. The molecule has 1 N–H and O–H groups in total. The largest absolute Gasteiger partial charge is 0.417 e. The molecule has 3 aromatic rings. The molecule has 1 aromatic carbocycles. The Morgan fingerprint density at radius 2 is 1.94 bits per heavy atom. The smallest absolute Gasteiger partial charge is 0.368 e. The number of halogens is 3. The Morgan fingerprint density at radius 1 is 1.18 bits per heavy atom. The van der Waals surface area contributed by atoms with Crippen molar-refractivity contribution in [3.05, 3.63) is 65.6 Å². The first kappa shape index (κ1) is 22.8. The Hall–Kier alpha value is -3.43. The van der Waals surface area contributed by atoms with E-state index in [-0.39, 0.29) is 17.9 Å². The molecule has 1 aliphatic rings. The molecular weight excluding hydrogens is 433 g/mol. The third kappa shape index (κ3) is 4.99. The van der Waals surface area contributed by atoms with Crippen molar-refractivity contribution in [1.82, 2.24) is 24.9 Å². The number of hydrogen-bond acceptors (Lipinski definition) is 5. The summed E-state index contributed by atoms with van der Waals surface area (Å²) in [7, 11) is 0. The second-order valence-corrected chi connectivity index (χ2v) is 8.34. The molecule has 33 heavy (non-hydrogen) atoms. The van der Waals surface area contributed by atoms with E-state index in [0.29, 0.717) is 30.2 Å². The highest BCUT2D eigenvalue weighted by Gasteiger charge is 2.34. The lowest BCUT2D eigenvalue weighted by Gasteiger charge is -2.40. The highest BCUT2D eigenvalue weighted by molar-refractivity contribution is 5.98. The number of benzene rings is 1. The Bertz CT molecular complexity index is 1100. The molecule has 10 heteroatoms. The van der Waals surface area contributed by atoms with Crippen molar-refractivity contribution in [2.75, 3.05) is 18.4 Å². The summed E-state index contributed by atoms with van der Waals surface area (Å²) < 4.78 is 38.4. The first-order valence-corrected chi connectivity index (χ1v) is 10.8. The topological polar surface area (TPSA) is 75.9 Å². The highest BCUT2D eigenvalue weighted by Crippen LogP contribution is 2.30. The molecule has 7 nitrogen and oxygen atoms in total. The van der Waals surface area contributed by atoms with Crippen LogP contribution in [0.1, 0.15) is 41.3 Å². The van der Waals surface area contributed by atoms with Gasteiger partial charge in [-0.1, -0.05) is 18.6 Å². The van der Waals surface area contributed by atoms with Crippen LogP contribution in [0, 0.1) is 12.8 Å². The number of pyridine rings is 1. The van der Waals surface area contributed by atoms with Crippen molar-refractivity contribution < 1.29 is 18.0 Å². The van der Waals surface area contributed by atoms with Crippen LogP contribution in [-0.4, -0.2) is 49.9 Å². The average Bonchev–Trinajstić information content (AvgIpc) is 3.32. The van der Waals surface area contributed by atoms with Crippen molar-refractivity contribution in [2.45, 2.75) is 38.9 Å². The molecule has 1 amide bonds. The number of amides is 1. The number of likely N-dealkylation sites (tertiary alicyclic amines) is 1. The summed E-state index contributed by atoms with van der Waals surface area (Å²) in [5.74, 6) is 0.427. The maximum absolute atomic E-state index is 13.7. The minimum Gasteiger partial charge on any atom is -0.368 e. The second-order valence-electron chi connectivity index (χ2n) is 8.34. The number of anilines is 1. The number of nitrogens with one attached hydrogen (secondary N) is 1. The number of hydrogen-bond donors (Lipinski definition) is 1. The minimum atomic E-state index is -4.43. The van der Waals surface area contributed by atoms with Gasteiger partial charge in [-0.25, -0.2) is 4.98 Å². The normalized spacial score (nSPS) is 18.9. The van der Waals surface area contributed by atoms with Crippen LogP contribution in [0.3, 0.4) is 0 Å². The molecule has 0 bridgehead atoms. The molecule has 0 radical (unpaired) electrons. The summed E-state index contributed by atoms with van der Waals surface area (Å²) in [6.45, 7) is 4.98. The van der Waals surface area contributed by atoms with Crippen molar-refractivity contribution in [3.63, 3.8) is 0 Å². The Balaban J connectivity index is 1.55. The fraction of sp³-hybridized carbons (Fsp3) is 0.391. The third-order valence-electron chi connectivity index (χ3n) is 5.98. The van der Waals surface area contributed by atoms with E-state index in [2.05, 4.69) is 27.4 Å². The highest BCUT2D eigenvalue weighted by atomic mass is 19.4. The lowest BCUT2D eigenvalue weighted by atomic mass is 9.89. The van der Waals surface area contributed by atoms with Gasteiger partial charge >= 0.3 is 6.18 Å². The summed E-state index contributed by atoms with van der Waals surface area (Å²) in [6.07, 6.45) is 1.33. The van der Waals surface area contributed by atoms with E-state index >= 15 is 0 Å². The number of aryl methyl sites for hydroxylation is 1. The van der Waals surface area contributed by atoms with Crippen LogP contribution in [0.5, 0.6) is 0 Å². The van der Waals surface area contributed by atoms with Crippen LogP contribution in [-0.2, 0) is 6.18 Å². The quantitative estimate of drug-likeness (QED) is 0.616. The van der Waals surface area contributed by atoms with Gasteiger partial charge in [-0.3, -0.25) is 4.79 Å². The van der Waals surface area contributed by atoms with Gasteiger partial charge in [0.2, 0.25) is 0 Å². The van der Waals surface area contributed by atoms with E-state index in [0.717, 1.165) is 30.7 Å². The fourth-order valence-electron chi connectivity index (χ4n) is 4.18. The van der Waals surface area contributed by atoms with Crippen LogP contribution in [0.4, 0.5) is 19.0 Å². The summed E-state index contributed by atoms with van der Waals surface area (Å²) in [4.78, 5) is 20.8. The van der Waals surface area contributed by atoms with E-state index < -0.39 is 11.7 Å². The molecule has 3 heterocycles. The number of rotatable bonds is 5. The third-order valence-corrected chi connectivity index (χ3v) is 5.98. The van der Waals surface area contributed by atoms with E-state index in [9.17, 15) is 18.0 Å². The molecule has 1 aliphatic heterocycles. The van der Waals surface area contributed by atoms with E-state index in [4.69, 9.17) is 0 Å². The number of carbonyl (C=O) groups is 1. The number of nitrogens with zero attached hydrogens (tertiary/aromatic N) is 5. The van der Waals surface area contributed by atoms with Gasteiger partial charge in [-0.15, -0.1) is 0 Å². The molecule has 1 fully saturated rings. The molecular formula is C23H25F3N6O. The Labute approximate surface area is 189 Å².